The summed E-state index contributed by atoms with van der Waals surface area (Å²) in [7, 11) is 1.66. The second kappa shape index (κ2) is 5.72. The van der Waals surface area contributed by atoms with Gasteiger partial charge in [-0.2, -0.15) is 0 Å². The predicted molar refractivity (Wildman–Crippen MR) is 83.4 cm³/mol. The molecule has 4 rings (SSSR count). The lowest BCUT2D eigenvalue weighted by Crippen LogP contribution is -2.32. The Hall–Kier alpha value is -2.74. The van der Waals surface area contributed by atoms with E-state index in [1.807, 2.05) is 11.3 Å². The van der Waals surface area contributed by atoms with Crippen molar-refractivity contribution in [1.29, 1.82) is 0 Å². The SMILES string of the molecule is CO[C@@H]1C[C@@H](c2nnc3cnccn23)N(C(=O)c2coc(C)c2)C1. The molecule has 3 aromatic rings. The van der Waals surface area contributed by atoms with E-state index in [2.05, 4.69) is 15.2 Å². The van der Waals surface area contributed by atoms with Crippen LogP contribution in [-0.4, -0.2) is 50.1 Å². The fourth-order valence-corrected chi connectivity index (χ4v) is 3.16. The minimum absolute atomic E-state index is 0.0406. The molecule has 0 aliphatic carbocycles. The van der Waals surface area contributed by atoms with E-state index in [9.17, 15) is 4.79 Å². The summed E-state index contributed by atoms with van der Waals surface area (Å²) in [5, 5.41) is 8.42. The summed E-state index contributed by atoms with van der Waals surface area (Å²) < 4.78 is 12.6. The Labute approximate surface area is 138 Å². The van der Waals surface area contributed by atoms with Crippen LogP contribution in [0.4, 0.5) is 0 Å². The van der Waals surface area contributed by atoms with Crippen molar-refractivity contribution in [3.8, 4) is 0 Å². The van der Waals surface area contributed by atoms with E-state index in [4.69, 9.17) is 9.15 Å². The Balaban J connectivity index is 1.73. The van der Waals surface area contributed by atoms with E-state index in [0.717, 1.165) is 0 Å². The third kappa shape index (κ3) is 2.35. The van der Waals surface area contributed by atoms with Crippen molar-refractivity contribution >= 4 is 11.6 Å². The molecule has 0 unspecified atom stereocenters. The van der Waals surface area contributed by atoms with Gasteiger partial charge in [0.25, 0.3) is 5.91 Å². The van der Waals surface area contributed by atoms with Gasteiger partial charge in [-0.15, -0.1) is 10.2 Å². The quantitative estimate of drug-likeness (QED) is 0.727. The van der Waals surface area contributed by atoms with Gasteiger partial charge in [-0.3, -0.25) is 14.2 Å². The van der Waals surface area contributed by atoms with Crippen molar-refractivity contribution in [3.05, 3.63) is 48.1 Å². The Morgan fingerprint density at radius 2 is 2.29 bits per heavy atom. The Morgan fingerprint density at radius 1 is 1.42 bits per heavy atom. The van der Waals surface area contributed by atoms with Gasteiger partial charge >= 0.3 is 0 Å². The third-order valence-electron chi connectivity index (χ3n) is 4.37. The number of fused-ring (bicyclic) bond motifs is 1. The average molecular weight is 327 g/mol. The molecule has 1 amide bonds. The number of amides is 1. The van der Waals surface area contributed by atoms with Crippen LogP contribution in [0.1, 0.15) is 34.4 Å². The molecule has 0 spiro atoms. The number of carbonyl (C=O) groups excluding carboxylic acids is 1. The second-order valence-corrected chi connectivity index (χ2v) is 5.88. The number of likely N-dealkylation sites (tertiary alicyclic amines) is 1. The molecule has 124 valence electrons. The average Bonchev–Trinajstić information content (AvgIpc) is 3.31. The maximum absolute atomic E-state index is 12.9. The minimum atomic E-state index is -0.213. The van der Waals surface area contributed by atoms with Gasteiger partial charge in [-0.05, 0) is 13.0 Å². The highest BCUT2D eigenvalue weighted by molar-refractivity contribution is 5.94. The first-order valence-corrected chi connectivity index (χ1v) is 7.71. The van der Waals surface area contributed by atoms with E-state index in [1.165, 1.54) is 6.26 Å². The summed E-state index contributed by atoms with van der Waals surface area (Å²) in [4.78, 5) is 18.7. The van der Waals surface area contributed by atoms with Crippen LogP contribution in [0.2, 0.25) is 0 Å². The largest absolute Gasteiger partial charge is 0.469 e. The van der Waals surface area contributed by atoms with Crippen LogP contribution in [0.25, 0.3) is 5.65 Å². The van der Waals surface area contributed by atoms with Crippen molar-refractivity contribution < 1.29 is 13.9 Å². The maximum Gasteiger partial charge on any atom is 0.257 e. The van der Waals surface area contributed by atoms with Crippen LogP contribution in [0.3, 0.4) is 0 Å². The van der Waals surface area contributed by atoms with E-state index in [-0.39, 0.29) is 18.1 Å². The van der Waals surface area contributed by atoms with Crippen LogP contribution >= 0.6 is 0 Å². The number of ether oxygens (including phenoxy) is 1. The number of furan rings is 1. The summed E-state index contributed by atoms with van der Waals surface area (Å²) >= 11 is 0. The maximum atomic E-state index is 12.9. The molecule has 8 heteroatoms. The summed E-state index contributed by atoms with van der Waals surface area (Å²) in [6.45, 7) is 2.32. The molecular formula is C16H17N5O3. The molecule has 0 bridgehead atoms. The van der Waals surface area contributed by atoms with Crippen LogP contribution in [-0.2, 0) is 4.74 Å². The molecule has 24 heavy (non-hydrogen) atoms. The van der Waals surface area contributed by atoms with Crippen molar-refractivity contribution in [2.24, 2.45) is 0 Å². The molecule has 0 N–H and O–H groups in total. The second-order valence-electron chi connectivity index (χ2n) is 5.88. The molecule has 4 heterocycles. The zero-order valence-corrected chi connectivity index (χ0v) is 13.4. The van der Waals surface area contributed by atoms with Gasteiger partial charge in [0, 0.05) is 32.5 Å². The third-order valence-corrected chi connectivity index (χ3v) is 4.37. The van der Waals surface area contributed by atoms with Crippen LogP contribution < -0.4 is 0 Å². The van der Waals surface area contributed by atoms with Crippen LogP contribution in [0, 0.1) is 6.92 Å². The molecule has 0 saturated carbocycles. The number of methoxy groups -OCH3 is 1. The molecule has 8 nitrogen and oxygen atoms in total. The highest BCUT2D eigenvalue weighted by atomic mass is 16.5. The van der Waals surface area contributed by atoms with Gasteiger partial charge in [0.2, 0.25) is 0 Å². The first-order chi connectivity index (χ1) is 11.7. The molecular weight excluding hydrogens is 310 g/mol. The van der Waals surface area contributed by atoms with Crippen molar-refractivity contribution in [2.45, 2.75) is 25.5 Å². The predicted octanol–water partition coefficient (Wildman–Crippen LogP) is 1.63. The van der Waals surface area contributed by atoms with E-state index >= 15 is 0 Å². The minimum Gasteiger partial charge on any atom is -0.469 e. The summed E-state index contributed by atoms with van der Waals surface area (Å²) in [5.41, 5.74) is 1.18. The monoisotopic (exact) mass is 327 g/mol. The lowest BCUT2D eigenvalue weighted by Gasteiger charge is -2.22. The van der Waals surface area contributed by atoms with Gasteiger partial charge in [0.05, 0.1) is 23.9 Å². The number of carbonyl (C=O) groups is 1. The lowest BCUT2D eigenvalue weighted by atomic mass is 10.1. The summed E-state index contributed by atoms with van der Waals surface area (Å²) in [6, 6.07) is 1.53. The van der Waals surface area contributed by atoms with Gasteiger partial charge in [0.1, 0.15) is 12.0 Å². The summed E-state index contributed by atoms with van der Waals surface area (Å²) in [5.74, 6) is 1.32. The number of nitrogens with zero attached hydrogens (tertiary/aromatic N) is 5. The molecule has 0 aromatic carbocycles. The normalized spacial score (nSPS) is 20.8. The highest BCUT2D eigenvalue weighted by Gasteiger charge is 2.39. The van der Waals surface area contributed by atoms with Crippen LogP contribution in [0.5, 0.6) is 0 Å². The Bertz CT molecular complexity index is 887. The Morgan fingerprint density at radius 3 is 3.04 bits per heavy atom. The first-order valence-electron chi connectivity index (χ1n) is 7.71. The van der Waals surface area contributed by atoms with Crippen LogP contribution in [0.15, 0.2) is 35.3 Å². The topological polar surface area (TPSA) is 85.8 Å². The van der Waals surface area contributed by atoms with Gasteiger partial charge in [-0.1, -0.05) is 0 Å². The molecule has 1 fully saturated rings. The van der Waals surface area contributed by atoms with Gasteiger partial charge < -0.3 is 14.1 Å². The first kappa shape index (κ1) is 14.8. The number of aryl methyl sites for hydroxylation is 1. The van der Waals surface area contributed by atoms with E-state index in [1.54, 1.807) is 36.7 Å². The van der Waals surface area contributed by atoms with E-state index in [0.29, 0.717) is 35.8 Å². The number of aromatic nitrogens is 4. The molecule has 1 saturated heterocycles. The fraction of sp³-hybridized carbons (Fsp3) is 0.375. The van der Waals surface area contributed by atoms with Crippen molar-refractivity contribution in [3.63, 3.8) is 0 Å². The molecule has 0 radical (unpaired) electrons. The number of rotatable bonds is 3. The standard InChI is InChI=1S/C16H17N5O3/c1-10-5-11(9-24-10)16(22)21-8-12(23-2)6-13(21)15-19-18-14-7-17-3-4-20(14)15/h3-5,7,9,12-13H,6,8H2,1-2H3/t12-,13+/m1/s1. The highest BCUT2D eigenvalue weighted by Crippen LogP contribution is 2.33. The zero-order chi connectivity index (χ0) is 16.7. The van der Waals surface area contributed by atoms with Crippen molar-refractivity contribution in [1.82, 2.24) is 24.5 Å². The zero-order valence-electron chi connectivity index (χ0n) is 13.4. The lowest BCUT2D eigenvalue weighted by molar-refractivity contribution is 0.0683. The van der Waals surface area contributed by atoms with Gasteiger partial charge in [-0.25, -0.2) is 0 Å². The van der Waals surface area contributed by atoms with E-state index < -0.39 is 0 Å². The Kier molecular flexibility index (Phi) is 3.53. The number of hydrogen-bond donors (Lipinski definition) is 0. The van der Waals surface area contributed by atoms with Crippen molar-refractivity contribution in [2.75, 3.05) is 13.7 Å². The molecule has 2 atom stereocenters. The summed E-state index contributed by atoms with van der Waals surface area (Å²) in [6.07, 6.45) is 7.23. The fourth-order valence-electron chi connectivity index (χ4n) is 3.16. The number of hydrogen-bond acceptors (Lipinski definition) is 6. The molecule has 3 aromatic heterocycles. The molecule has 1 aliphatic rings. The molecule has 1 aliphatic heterocycles. The van der Waals surface area contributed by atoms with Gasteiger partial charge in [0.15, 0.2) is 11.5 Å². The smallest absolute Gasteiger partial charge is 0.257 e.